The Morgan fingerprint density at radius 3 is 2.70 bits per heavy atom. The molecule has 1 fully saturated rings. The normalized spacial score (nSPS) is 22.7. The van der Waals surface area contributed by atoms with Crippen LogP contribution < -0.4 is 11.1 Å². The van der Waals surface area contributed by atoms with Gasteiger partial charge in [-0.3, -0.25) is 9.48 Å². The Hall–Kier alpha value is -1.89. The van der Waals surface area contributed by atoms with Gasteiger partial charge in [0.15, 0.2) is 5.69 Å². The first-order valence-electron chi connectivity index (χ1n) is 8.36. The summed E-state index contributed by atoms with van der Waals surface area (Å²) in [7, 11) is 0. The molecule has 0 unspecified atom stereocenters. The van der Waals surface area contributed by atoms with E-state index in [1.807, 2.05) is 6.92 Å². The fourth-order valence-corrected chi connectivity index (χ4v) is 4.08. The van der Waals surface area contributed by atoms with Gasteiger partial charge in [-0.2, -0.15) is 5.10 Å². The van der Waals surface area contributed by atoms with Gasteiger partial charge in [0.05, 0.1) is 5.54 Å². The summed E-state index contributed by atoms with van der Waals surface area (Å²) in [6.45, 7) is 2.63. The number of carbonyl (C=O) groups excluding carboxylic acids is 1. The monoisotopic (exact) mass is 320 g/mol. The Morgan fingerprint density at radius 1 is 1.43 bits per heavy atom. The molecular formula is C16H24N4O3. The van der Waals surface area contributed by atoms with Crippen LogP contribution in [-0.4, -0.2) is 38.3 Å². The van der Waals surface area contributed by atoms with E-state index < -0.39 is 11.5 Å². The number of aromatic nitrogens is 2. The zero-order chi connectivity index (χ0) is 16.6. The quantitative estimate of drug-likeness (QED) is 0.745. The molecule has 2 aliphatic carbocycles. The van der Waals surface area contributed by atoms with Crippen LogP contribution in [0.2, 0.25) is 0 Å². The number of aryl methyl sites for hydroxylation is 1. The number of nitrogens with zero attached hydrogens (tertiary/aromatic N) is 2. The molecule has 0 radical (unpaired) electrons. The third kappa shape index (κ3) is 2.73. The van der Waals surface area contributed by atoms with Gasteiger partial charge in [0.25, 0.3) is 0 Å². The smallest absolute Gasteiger partial charge is 0.356 e. The number of carbonyl (C=O) groups is 2. The van der Waals surface area contributed by atoms with Crippen LogP contribution in [0.3, 0.4) is 0 Å². The molecule has 1 aromatic rings. The van der Waals surface area contributed by atoms with Gasteiger partial charge >= 0.3 is 5.97 Å². The Labute approximate surface area is 135 Å². The SMILES string of the molecule is CCn1nc(C(=O)O)c2c1CC[C@@H](NC1(C(N)=O)CCCC1)C2. The minimum atomic E-state index is -0.986. The highest BCUT2D eigenvalue weighted by Crippen LogP contribution is 2.32. The highest BCUT2D eigenvalue weighted by atomic mass is 16.4. The molecule has 126 valence electrons. The number of carboxylic acid groups (broad SMARTS) is 1. The van der Waals surface area contributed by atoms with E-state index in [2.05, 4.69) is 10.4 Å². The van der Waals surface area contributed by atoms with Crippen molar-refractivity contribution in [2.45, 2.75) is 70.0 Å². The van der Waals surface area contributed by atoms with E-state index in [1.165, 1.54) is 0 Å². The van der Waals surface area contributed by atoms with Crippen LogP contribution in [-0.2, 0) is 24.2 Å². The topological polar surface area (TPSA) is 110 Å². The summed E-state index contributed by atoms with van der Waals surface area (Å²) in [5, 5.41) is 17.1. The lowest BCUT2D eigenvalue weighted by Gasteiger charge is -2.34. The van der Waals surface area contributed by atoms with Crippen molar-refractivity contribution in [1.29, 1.82) is 0 Å². The first kappa shape index (κ1) is 16.0. The Morgan fingerprint density at radius 2 is 2.13 bits per heavy atom. The van der Waals surface area contributed by atoms with E-state index in [0.717, 1.165) is 49.8 Å². The fraction of sp³-hybridized carbons (Fsp3) is 0.688. The van der Waals surface area contributed by atoms with Crippen molar-refractivity contribution in [3.8, 4) is 0 Å². The molecule has 0 saturated heterocycles. The molecule has 1 aromatic heterocycles. The van der Waals surface area contributed by atoms with Gasteiger partial charge in [-0.1, -0.05) is 12.8 Å². The van der Waals surface area contributed by atoms with Crippen molar-refractivity contribution >= 4 is 11.9 Å². The lowest BCUT2D eigenvalue weighted by molar-refractivity contribution is -0.124. The van der Waals surface area contributed by atoms with Gasteiger partial charge in [-0.15, -0.1) is 0 Å². The van der Waals surface area contributed by atoms with Crippen LogP contribution in [0.5, 0.6) is 0 Å². The molecule has 4 N–H and O–H groups in total. The average molecular weight is 320 g/mol. The zero-order valence-corrected chi connectivity index (χ0v) is 13.5. The van der Waals surface area contributed by atoms with Crippen LogP contribution in [0.4, 0.5) is 0 Å². The van der Waals surface area contributed by atoms with E-state index >= 15 is 0 Å². The molecule has 7 nitrogen and oxygen atoms in total. The second-order valence-electron chi connectivity index (χ2n) is 6.63. The maximum absolute atomic E-state index is 11.9. The first-order valence-corrected chi connectivity index (χ1v) is 8.36. The van der Waals surface area contributed by atoms with Crippen molar-refractivity contribution in [3.05, 3.63) is 17.0 Å². The predicted molar refractivity (Wildman–Crippen MR) is 84.2 cm³/mol. The first-order chi connectivity index (χ1) is 11.0. The number of nitrogens with one attached hydrogen (secondary N) is 1. The summed E-state index contributed by atoms with van der Waals surface area (Å²) in [6.07, 6.45) is 5.77. The molecule has 1 heterocycles. The highest BCUT2D eigenvalue weighted by Gasteiger charge is 2.42. The van der Waals surface area contributed by atoms with E-state index in [4.69, 9.17) is 5.73 Å². The van der Waals surface area contributed by atoms with Crippen LogP contribution in [0.25, 0.3) is 0 Å². The van der Waals surface area contributed by atoms with Gasteiger partial charge in [0.1, 0.15) is 0 Å². The second-order valence-corrected chi connectivity index (χ2v) is 6.63. The van der Waals surface area contributed by atoms with Crippen molar-refractivity contribution in [1.82, 2.24) is 15.1 Å². The summed E-state index contributed by atoms with van der Waals surface area (Å²) < 4.78 is 1.79. The number of carboxylic acids is 1. The van der Waals surface area contributed by atoms with E-state index in [1.54, 1.807) is 4.68 Å². The van der Waals surface area contributed by atoms with Gasteiger partial charge < -0.3 is 16.2 Å². The molecule has 0 aromatic carbocycles. The molecule has 2 aliphatic rings. The van der Waals surface area contributed by atoms with Crippen LogP contribution in [0.1, 0.15) is 60.8 Å². The van der Waals surface area contributed by atoms with Gasteiger partial charge in [0, 0.05) is 23.8 Å². The van der Waals surface area contributed by atoms with Gasteiger partial charge in [0.2, 0.25) is 5.91 Å². The average Bonchev–Trinajstić information content (AvgIpc) is 3.12. The molecule has 23 heavy (non-hydrogen) atoms. The van der Waals surface area contributed by atoms with Gasteiger partial charge in [-0.25, -0.2) is 4.79 Å². The highest BCUT2D eigenvalue weighted by molar-refractivity contribution is 5.87. The lowest BCUT2D eigenvalue weighted by Crippen LogP contribution is -2.58. The number of fused-ring (bicyclic) bond motifs is 1. The molecule has 1 atom stereocenters. The van der Waals surface area contributed by atoms with Crippen LogP contribution in [0.15, 0.2) is 0 Å². The van der Waals surface area contributed by atoms with Crippen LogP contribution >= 0.6 is 0 Å². The molecule has 0 bridgehead atoms. The summed E-state index contributed by atoms with van der Waals surface area (Å²) in [6, 6.07) is 0.0701. The Kier molecular flexibility index (Phi) is 4.14. The fourth-order valence-electron chi connectivity index (χ4n) is 4.08. The van der Waals surface area contributed by atoms with E-state index in [0.29, 0.717) is 13.0 Å². The molecule has 3 rings (SSSR count). The maximum atomic E-state index is 11.9. The number of amides is 1. The summed E-state index contributed by atoms with van der Waals surface area (Å²) >= 11 is 0. The molecule has 0 aliphatic heterocycles. The number of primary amides is 1. The zero-order valence-electron chi connectivity index (χ0n) is 13.5. The van der Waals surface area contributed by atoms with Crippen molar-refractivity contribution in [2.24, 2.45) is 5.73 Å². The third-order valence-electron chi connectivity index (χ3n) is 5.26. The summed E-state index contributed by atoms with van der Waals surface area (Å²) in [4.78, 5) is 23.4. The molecule has 1 saturated carbocycles. The molecule has 1 amide bonds. The minimum absolute atomic E-state index is 0.0701. The number of hydrogen-bond donors (Lipinski definition) is 3. The second kappa shape index (κ2) is 5.96. The van der Waals surface area contributed by atoms with Crippen LogP contribution in [0, 0.1) is 0 Å². The largest absolute Gasteiger partial charge is 0.476 e. The third-order valence-corrected chi connectivity index (χ3v) is 5.26. The standard InChI is InChI=1S/C16H24N4O3/c1-2-20-12-6-5-10(9-11(12)13(19-20)14(21)22)18-16(15(17)23)7-3-4-8-16/h10,18H,2-9H2,1H3,(H2,17,23)(H,21,22)/t10-/m1/s1. The maximum Gasteiger partial charge on any atom is 0.356 e. The van der Waals surface area contributed by atoms with E-state index in [9.17, 15) is 14.7 Å². The minimum Gasteiger partial charge on any atom is -0.476 e. The van der Waals surface area contributed by atoms with E-state index in [-0.39, 0.29) is 17.6 Å². The number of nitrogens with two attached hydrogens (primary N) is 1. The summed E-state index contributed by atoms with van der Waals surface area (Å²) in [5.74, 6) is -1.27. The number of rotatable bonds is 5. The summed E-state index contributed by atoms with van der Waals surface area (Å²) in [5.41, 5.74) is 6.99. The Balaban J connectivity index is 1.84. The molecule has 7 heteroatoms. The molecular weight excluding hydrogens is 296 g/mol. The number of aromatic carboxylic acids is 1. The predicted octanol–water partition coefficient (Wildman–Crippen LogP) is 0.846. The lowest BCUT2D eigenvalue weighted by atomic mass is 9.87. The van der Waals surface area contributed by atoms with Gasteiger partial charge in [-0.05, 0) is 39.0 Å². The van der Waals surface area contributed by atoms with Crippen molar-refractivity contribution in [3.63, 3.8) is 0 Å². The molecule has 0 spiro atoms. The Bertz CT molecular complexity index is 632. The number of hydrogen-bond acceptors (Lipinski definition) is 4. The van der Waals surface area contributed by atoms with Crippen molar-refractivity contribution < 1.29 is 14.7 Å². The van der Waals surface area contributed by atoms with Crippen molar-refractivity contribution in [2.75, 3.05) is 0 Å².